The predicted molar refractivity (Wildman–Crippen MR) is 102 cm³/mol. The molecule has 0 spiro atoms. The Morgan fingerprint density at radius 3 is 2.74 bits per heavy atom. The summed E-state index contributed by atoms with van der Waals surface area (Å²) < 4.78 is 2.04. The van der Waals surface area contributed by atoms with Gasteiger partial charge in [-0.2, -0.15) is 10.2 Å². The van der Waals surface area contributed by atoms with E-state index in [0.717, 1.165) is 22.5 Å². The third-order valence-electron chi connectivity index (χ3n) is 5.10. The Morgan fingerprint density at radius 1 is 1.30 bits per heavy atom. The molecule has 3 aromatic rings. The number of H-pyrrole nitrogens is 1. The summed E-state index contributed by atoms with van der Waals surface area (Å²) in [6.45, 7) is 5.09. The first-order chi connectivity index (χ1) is 13.1. The molecule has 4 rings (SSSR count). The van der Waals surface area contributed by atoms with Crippen LogP contribution in [0.5, 0.6) is 0 Å². The average molecular weight is 364 g/mol. The molecule has 3 heterocycles. The van der Waals surface area contributed by atoms with Gasteiger partial charge in [0, 0.05) is 47.4 Å². The molecule has 27 heavy (non-hydrogen) atoms. The zero-order chi connectivity index (χ0) is 18.8. The predicted octanol–water partition coefficient (Wildman–Crippen LogP) is 2.52. The molecule has 1 saturated carbocycles. The zero-order valence-electron chi connectivity index (χ0n) is 15.7. The van der Waals surface area contributed by atoms with E-state index in [-0.39, 0.29) is 5.91 Å². The van der Waals surface area contributed by atoms with Crippen molar-refractivity contribution in [3.8, 4) is 11.1 Å². The third-order valence-corrected chi connectivity index (χ3v) is 5.10. The number of carbonyl (C=O) groups excluding carboxylic acids is 1. The quantitative estimate of drug-likeness (QED) is 0.674. The van der Waals surface area contributed by atoms with Crippen LogP contribution in [-0.2, 0) is 17.8 Å². The van der Waals surface area contributed by atoms with Crippen LogP contribution < -0.4 is 5.32 Å². The summed E-state index contributed by atoms with van der Waals surface area (Å²) in [6.07, 6.45) is 8.31. The lowest BCUT2D eigenvalue weighted by atomic mass is 10.1. The van der Waals surface area contributed by atoms with Crippen LogP contribution in [0.2, 0.25) is 0 Å². The van der Waals surface area contributed by atoms with Crippen molar-refractivity contribution in [3.05, 3.63) is 53.4 Å². The minimum Gasteiger partial charge on any atom is -0.354 e. The highest BCUT2D eigenvalue weighted by atomic mass is 16.1. The molecule has 3 aromatic heterocycles. The molecule has 1 fully saturated rings. The highest BCUT2D eigenvalue weighted by Gasteiger charge is 2.30. The molecule has 0 unspecified atom stereocenters. The first-order valence-electron chi connectivity index (χ1n) is 9.36. The minimum atomic E-state index is 0.0112. The normalized spacial score (nSPS) is 13.7. The van der Waals surface area contributed by atoms with E-state index in [4.69, 9.17) is 0 Å². The molecule has 1 aliphatic carbocycles. The van der Waals surface area contributed by atoms with Gasteiger partial charge < -0.3 is 5.32 Å². The molecule has 7 nitrogen and oxygen atoms in total. The molecule has 7 heteroatoms. The smallest absolute Gasteiger partial charge is 0.224 e. The lowest BCUT2D eigenvalue weighted by Gasteiger charge is -2.10. The molecule has 140 valence electrons. The van der Waals surface area contributed by atoms with Crippen LogP contribution in [0.3, 0.4) is 0 Å². The van der Waals surface area contributed by atoms with Crippen LogP contribution in [0.4, 0.5) is 0 Å². The van der Waals surface area contributed by atoms with Gasteiger partial charge in [-0.15, -0.1) is 0 Å². The fourth-order valence-corrected chi connectivity index (χ4v) is 3.47. The van der Waals surface area contributed by atoms with Gasteiger partial charge in [-0.05, 0) is 44.4 Å². The van der Waals surface area contributed by atoms with Crippen LogP contribution in [0.15, 0.2) is 30.7 Å². The monoisotopic (exact) mass is 364 g/mol. The van der Waals surface area contributed by atoms with Crippen LogP contribution >= 0.6 is 0 Å². The van der Waals surface area contributed by atoms with Gasteiger partial charge in [0.15, 0.2) is 0 Å². The Kier molecular flexibility index (Phi) is 4.75. The lowest BCUT2D eigenvalue weighted by Crippen LogP contribution is -2.29. The Balaban J connectivity index is 1.40. The molecule has 1 amide bonds. The van der Waals surface area contributed by atoms with Gasteiger partial charge in [0.1, 0.15) is 0 Å². The van der Waals surface area contributed by atoms with Crippen molar-refractivity contribution in [3.63, 3.8) is 0 Å². The first-order valence-corrected chi connectivity index (χ1v) is 9.36. The molecular weight excluding hydrogens is 340 g/mol. The number of carbonyl (C=O) groups is 1. The highest BCUT2D eigenvalue weighted by molar-refractivity contribution is 5.79. The Bertz CT molecular complexity index is 919. The molecule has 2 N–H and O–H groups in total. The van der Waals surface area contributed by atoms with Crippen molar-refractivity contribution in [1.29, 1.82) is 0 Å². The van der Waals surface area contributed by atoms with E-state index in [1.165, 1.54) is 24.1 Å². The van der Waals surface area contributed by atoms with Gasteiger partial charge in [-0.25, -0.2) is 0 Å². The number of rotatable bonds is 7. The second-order valence-electron chi connectivity index (χ2n) is 7.12. The van der Waals surface area contributed by atoms with Crippen molar-refractivity contribution in [2.24, 2.45) is 0 Å². The molecule has 0 atom stereocenters. The number of aromatic nitrogens is 5. The van der Waals surface area contributed by atoms with E-state index in [2.05, 4.69) is 25.6 Å². The number of aryl methyl sites for hydroxylation is 2. The fourth-order valence-electron chi connectivity index (χ4n) is 3.47. The van der Waals surface area contributed by atoms with E-state index in [9.17, 15) is 4.79 Å². The SMILES string of the molecule is Cc1n[nH]c(C)c1CC(=O)NCCn1ncc(-c2ccncc2)c1C1CC1. The zero-order valence-corrected chi connectivity index (χ0v) is 15.7. The number of pyridine rings is 1. The van der Waals surface area contributed by atoms with Gasteiger partial charge in [-0.1, -0.05) is 0 Å². The number of hydrogen-bond donors (Lipinski definition) is 2. The van der Waals surface area contributed by atoms with E-state index in [1.807, 2.05) is 49.3 Å². The highest BCUT2D eigenvalue weighted by Crippen LogP contribution is 2.44. The molecule has 1 aliphatic rings. The molecule has 0 bridgehead atoms. The van der Waals surface area contributed by atoms with Crippen LogP contribution in [0.25, 0.3) is 11.1 Å². The number of amides is 1. The summed E-state index contributed by atoms with van der Waals surface area (Å²) in [5.74, 6) is 0.583. The van der Waals surface area contributed by atoms with Crippen molar-refractivity contribution < 1.29 is 4.79 Å². The second kappa shape index (κ2) is 7.34. The van der Waals surface area contributed by atoms with E-state index in [1.54, 1.807) is 0 Å². The lowest BCUT2D eigenvalue weighted by molar-refractivity contribution is -0.120. The maximum Gasteiger partial charge on any atom is 0.224 e. The van der Waals surface area contributed by atoms with E-state index in [0.29, 0.717) is 25.4 Å². The summed E-state index contributed by atoms with van der Waals surface area (Å²) in [4.78, 5) is 16.4. The van der Waals surface area contributed by atoms with Crippen molar-refractivity contribution in [1.82, 2.24) is 30.3 Å². The summed E-state index contributed by atoms with van der Waals surface area (Å²) in [7, 11) is 0. The maximum absolute atomic E-state index is 12.3. The first kappa shape index (κ1) is 17.5. The molecule has 0 aromatic carbocycles. The van der Waals surface area contributed by atoms with Crippen molar-refractivity contribution in [2.45, 2.75) is 45.6 Å². The Morgan fingerprint density at radius 2 is 2.07 bits per heavy atom. The van der Waals surface area contributed by atoms with Gasteiger partial charge in [0.2, 0.25) is 5.91 Å². The number of hydrogen-bond acceptors (Lipinski definition) is 4. The van der Waals surface area contributed by atoms with E-state index >= 15 is 0 Å². The largest absolute Gasteiger partial charge is 0.354 e. The van der Waals surface area contributed by atoms with Crippen molar-refractivity contribution in [2.75, 3.05) is 6.54 Å². The summed E-state index contributed by atoms with van der Waals surface area (Å²) in [6, 6.07) is 4.04. The Labute approximate surface area is 158 Å². The van der Waals surface area contributed by atoms with Crippen molar-refractivity contribution >= 4 is 5.91 Å². The van der Waals surface area contributed by atoms with Crippen LogP contribution in [0.1, 0.15) is 41.4 Å². The van der Waals surface area contributed by atoms with Gasteiger partial charge in [0.25, 0.3) is 0 Å². The van der Waals surface area contributed by atoms with Gasteiger partial charge in [-0.3, -0.25) is 19.6 Å². The number of aromatic amines is 1. The third kappa shape index (κ3) is 3.77. The van der Waals surface area contributed by atoms with Gasteiger partial charge in [0.05, 0.1) is 24.9 Å². The maximum atomic E-state index is 12.3. The fraction of sp³-hybridized carbons (Fsp3) is 0.400. The summed E-state index contributed by atoms with van der Waals surface area (Å²) >= 11 is 0. The second-order valence-corrected chi connectivity index (χ2v) is 7.12. The van der Waals surface area contributed by atoms with Crippen LogP contribution in [-0.4, -0.2) is 37.4 Å². The topological polar surface area (TPSA) is 88.5 Å². The standard InChI is InChI=1S/C20H24N6O/c1-13-17(14(2)25-24-13)11-19(27)22-9-10-26-20(16-3-4-16)18(12-23-26)15-5-7-21-8-6-15/h5-8,12,16H,3-4,9-11H2,1-2H3,(H,22,27)(H,24,25). The summed E-state index contributed by atoms with van der Waals surface area (Å²) in [5.41, 5.74) is 6.41. The Hall–Kier alpha value is -2.96. The summed E-state index contributed by atoms with van der Waals surface area (Å²) in [5, 5.41) is 14.7. The molecule has 0 aliphatic heterocycles. The van der Waals surface area contributed by atoms with E-state index < -0.39 is 0 Å². The molecular formula is C20H24N6O. The minimum absolute atomic E-state index is 0.0112. The molecule has 0 saturated heterocycles. The van der Waals surface area contributed by atoms with Crippen LogP contribution in [0, 0.1) is 13.8 Å². The molecule has 0 radical (unpaired) electrons. The van der Waals surface area contributed by atoms with Gasteiger partial charge >= 0.3 is 0 Å². The number of nitrogens with one attached hydrogen (secondary N) is 2. The average Bonchev–Trinajstić information content (AvgIpc) is 3.36. The number of nitrogens with zero attached hydrogens (tertiary/aromatic N) is 4.